The lowest BCUT2D eigenvalue weighted by molar-refractivity contribution is -0.118. The Labute approximate surface area is 123 Å². The van der Waals surface area contributed by atoms with Crippen molar-refractivity contribution in [1.82, 2.24) is 9.55 Å². The average molecular weight is 293 g/mol. The molecule has 6 heteroatoms. The molecule has 106 valence electrons. The highest BCUT2D eigenvalue weighted by molar-refractivity contribution is 6.31. The Morgan fingerprint density at radius 2 is 2.20 bits per heavy atom. The predicted molar refractivity (Wildman–Crippen MR) is 81.3 cm³/mol. The molecule has 1 N–H and O–H groups in total. The van der Waals surface area contributed by atoms with Crippen molar-refractivity contribution in [1.29, 1.82) is 0 Å². The molecule has 0 aliphatic rings. The van der Waals surface area contributed by atoms with Crippen LogP contribution in [0.15, 0.2) is 36.9 Å². The number of halogens is 1. The van der Waals surface area contributed by atoms with Crippen LogP contribution < -0.4 is 10.2 Å². The third-order valence-electron chi connectivity index (χ3n) is 3.05. The van der Waals surface area contributed by atoms with E-state index in [4.69, 9.17) is 11.6 Å². The molecule has 2 rings (SSSR count). The van der Waals surface area contributed by atoms with Gasteiger partial charge in [-0.15, -0.1) is 0 Å². The van der Waals surface area contributed by atoms with Crippen LogP contribution in [0.25, 0.3) is 0 Å². The molecule has 1 aromatic carbocycles. The monoisotopic (exact) mass is 292 g/mol. The fourth-order valence-electron chi connectivity index (χ4n) is 1.87. The maximum atomic E-state index is 12.3. The zero-order chi connectivity index (χ0) is 14.7. The third kappa shape index (κ3) is 3.11. The van der Waals surface area contributed by atoms with Crippen LogP contribution in [0, 0.1) is 0 Å². The van der Waals surface area contributed by atoms with Crippen molar-refractivity contribution in [2.75, 3.05) is 24.3 Å². The van der Waals surface area contributed by atoms with E-state index in [0.29, 0.717) is 10.7 Å². The first-order valence-corrected chi connectivity index (χ1v) is 6.62. The average Bonchev–Trinajstić information content (AvgIpc) is 2.91. The summed E-state index contributed by atoms with van der Waals surface area (Å²) in [6.45, 7) is 1.82. The topological polar surface area (TPSA) is 50.2 Å². The summed E-state index contributed by atoms with van der Waals surface area (Å²) in [6, 6.07) is 5.08. The molecule has 20 heavy (non-hydrogen) atoms. The summed E-state index contributed by atoms with van der Waals surface area (Å²) in [7, 11) is 3.83. The SMILES string of the molecule is C[C@H](C(=O)Nc1cc(Cl)ccc1N(C)C)n1ccnc1. The maximum Gasteiger partial charge on any atom is 0.247 e. The molecule has 0 spiro atoms. The minimum Gasteiger partial charge on any atom is -0.376 e. The molecule has 1 atom stereocenters. The van der Waals surface area contributed by atoms with Gasteiger partial charge in [0, 0.05) is 31.5 Å². The molecular weight excluding hydrogens is 276 g/mol. The fraction of sp³-hybridized carbons (Fsp3) is 0.286. The first kappa shape index (κ1) is 14.4. The largest absolute Gasteiger partial charge is 0.376 e. The maximum absolute atomic E-state index is 12.3. The lowest BCUT2D eigenvalue weighted by atomic mass is 10.2. The molecule has 0 saturated carbocycles. The van der Waals surface area contributed by atoms with Crippen LogP contribution in [-0.2, 0) is 4.79 Å². The number of hydrogen-bond acceptors (Lipinski definition) is 3. The summed E-state index contributed by atoms with van der Waals surface area (Å²) in [5.74, 6) is -0.117. The Morgan fingerprint density at radius 3 is 2.80 bits per heavy atom. The van der Waals surface area contributed by atoms with E-state index in [-0.39, 0.29) is 11.9 Å². The summed E-state index contributed by atoms with van der Waals surface area (Å²) in [4.78, 5) is 18.1. The molecule has 0 aliphatic carbocycles. The third-order valence-corrected chi connectivity index (χ3v) is 3.28. The molecule has 2 aromatic rings. The van der Waals surface area contributed by atoms with Crippen LogP contribution in [-0.4, -0.2) is 29.6 Å². The van der Waals surface area contributed by atoms with Gasteiger partial charge in [0.05, 0.1) is 17.7 Å². The Kier molecular flexibility index (Phi) is 4.29. The Morgan fingerprint density at radius 1 is 1.45 bits per heavy atom. The van der Waals surface area contributed by atoms with E-state index in [1.807, 2.05) is 32.0 Å². The van der Waals surface area contributed by atoms with Crippen LogP contribution in [0.3, 0.4) is 0 Å². The molecule has 0 saturated heterocycles. The lowest BCUT2D eigenvalue weighted by Gasteiger charge is -2.20. The number of rotatable bonds is 4. The van der Waals surface area contributed by atoms with E-state index < -0.39 is 0 Å². The van der Waals surface area contributed by atoms with Crippen molar-refractivity contribution in [2.45, 2.75) is 13.0 Å². The summed E-state index contributed by atoms with van der Waals surface area (Å²) < 4.78 is 1.75. The van der Waals surface area contributed by atoms with Gasteiger partial charge in [-0.05, 0) is 25.1 Å². The number of anilines is 2. The Balaban J connectivity index is 2.21. The molecule has 0 unspecified atom stereocenters. The van der Waals surface area contributed by atoms with E-state index in [9.17, 15) is 4.79 Å². The number of carbonyl (C=O) groups is 1. The van der Waals surface area contributed by atoms with Gasteiger partial charge in [0.2, 0.25) is 5.91 Å². The van der Waals surface area contributed by atoms with Gasteiger partial charge in [0.15, 0.2) is 0 Å². The molecule has 0 radical (unpaired) electrons. The van der Waals surface area contributed by atoms with Crippen molar-refractivity contribution < 1.29 is 4.79 Å². The van der Waals surface area contributed by atoms with Crippen molar-refractivity contribution in [3.8, 4) is 0 Å². The van der Waals surface area contributed by atoms with E-state index >= 15 is 0 Å². The molecule has 5 nitrogen and oxygen atoms in total. The van der Waals surface area contributed by atoms with Crippen LogP contribution in [0.2, 0.25) is 5.02 Å². The number of hydrogen-bond donors (Lipinski definition) is 1. The lowest BCUT2D eigenvalue weighted by Crippen LogP contribution is -2.24. The Bertz CT molecular complexity index is 595. The Hall–Kier alpha value is -2.01. The zero-order valence-corrected chi connectivity index (χ0v) is 12.4. The van der Waals surface area contributed by atoms with Crippen LogP contribution >= 0.6 is 11.6 Å². The predicted octanol–water partition coefficient (Wildman–Crippen LogP) is 2.80. The van der Waals surface area contributed by atoms with Gasteiger partial charge in [0.1, 0.15) is 6.04 Å². The minimum atomic E-state index is -0.341. The van der Waals surface area contributed by atoms with Gasteiger partial charge in [0.25, 0.3) is 0 Å². The van der Waals surface area contributed by atoms with Gasteiger partial charge in [-0.25, -0.2) is 4.98 Å². The quantitative estimate of drug-likeness (QED) is 0.943. The van der Waals surface area contributed by atoms with E-state index in [2.05, 4.69) is 10.3 Å². The summed E-state index contributed by atoms with van der Waals surface area (Å²) in [5.41, 5.74) is 1.60. The van der Waals surface area contributed by atoms with E-state index in [0.717, 1.165) is 5.69 Å². The smallest absolute Gasteiger partial charge is 0.247 e. The first-order valence-electron chi connectivity index (χ1n) is 6.24. The molecule has 0 fully saturated rings. The zero-order valence-electron chi connectivity index (χ0n) is 11.7. The summed E-state index contributed by atoms with van der Waals surface area (Å²) in [5, 5.41) is 3.49. The van der Waals surface area contributed by atoms with Crippen LogP contribution in [0.1, 0.15) is 13.0 Å². The molecule has 1 amide bonds. The number of nitrogens with one attached hydrogen (secondary N) is 1. The van der Waals surface area contributed by atoms with Crippen molar-refractivity contribution in [3.63, 3.8) is 0 Å². The second-order valence-electron chi connectivity index (χ2n) is 4.73. The number of nitrogens with zero attached hydrogens (tertiary/aromatic N) is 3. The summed E-state index contributed by atoms with van der Waals surface area (Å²) >= 11 is 6.00. The molecule has 1 heterocycles. The highest BCUT2D eigenvalue weighted by Crippen LogP contribution is 2.28. The first-order chi connectivity index (χ1) is 9.49. The van der Waals surface area contributed by atoms with Gasteiger partial charge >= 0.3 is 0 Å². The standard InChI is InChI=1S/C14H17ClN4O/c1-10(19-7-6-16-9-19)14(20)17-12-8-11(15)4-5-13(12)18(2)3/h4-10H,1-3H3,(H,17,20)/t10-/m1/s1. The van der Waals surface area contributed by atoms with Gasteiger partial charge in [-0.1, -0.05) is 11.6 Å². The van der Waals surface area contributed by atoms with Gasteiger partial charge < -0.3 is 14.8 Å². The normalized spacial score (nSPS) is 12.0. The van der Waals surface area contributed by atoms with Gasteiger partial charge in [-0.2, -0.15) is 0 Å². The molecule has 0 bridgehead atoms. The second kappa shape index (κ2) is 5.96. The van der Waals surface area contributed by atoms with Gasteiger partial charge in [-0.3, -0.25) is 4.79 Å². The number of benzene rings is 1. The number of carbonyl (C=O) groups excluding carboxylic acids is 1. The van der Waals surface area contributed by atoms with Crippen molar-refractivity contribution in [3.05, 3.63) is 41.9 Å². The molecule has 1 aromatic heterocycles. The van der Waals surface area contributed by atoms with E-state index in [1.165, 1.54) is 0 Å². The minimum absolute atomic E-state index is 0.117. The number of amides is 1. The number of aromatic nitrogens is 2. The molecular formula is C14H17ClN4O. The van der Waals surface area contributed by atoms with Crippen LogP contribution in [0.5, 0.6) is 0 Å². The number of imidazole rings is 1. The van der Waals surface area contributed by atoms with Crippen LogP contribution in [0.4, 0.5) is 11.4 Å². The van der Waals surface area contributed by atoms with E-state index in [1.54, 1.807) is 35.4 Å². The fourth-order valence-corrected chi connectivity index (χ4v) is 2.04. The highest BCUT2D eigenvalue weighted by atomic mass is 35.5. The molecule has 0 aliphatic heterocycles. The highest BCUT2D eigenvalue weighted by Gasteiger charge is 2.16. The van der Waals surface area contributed by atoms with Crippen molar-refractivity contribution in [2.24, 2.45) is 0 Å². The summed E-state index contributed by atoms with van der Waals surface area (Å²) in [6.07, 6.45) is 5.03. The second-order valence-corrected chi connectivity index (χ2v) is 5.17. The van der Waals surface area contributed by atoms with Crippen molar-refractivity contribution >= 4 is 28.9 Å².